The van der Waals surface area contributed by atoms with Crippen molar-refractivity contribution in [2.75, 3.05) is 7.11 Å². The van der Waals surface area contributed by atoms with Gasteiger partial charge in [-0.1, -0.05) is 24.3 Å². The molecule has 0 atom stereocenters. The summed E-state index contributed by atoms with van der Waals surface area (Å²) in [6, 6.07) is 5.90. The predicted octanol–water partition coefficient (Wildman–Crippen LogP) is 3.39. The first-order valence-corrected chi connectivity index (χ1v) is 4.15. The fourth-order valence-electron chi connectivity index (χ4n) is 1.03. The predicted molar refractivity (Wildman–Crippen MR) is 51.2 cm³/mol. The summed E-state index contributed by atoms with van der Waals surface area (Å²) >= 11 is 0. The summed E-state index contributed by atoms with van der Waals surface area (Å²) < 4.78 is 53.3. The van der Waals surface area contributed by atoms with Crippen LogP contribution in [0.4, 0.5) is 17.3 Å². The molecule has 1 rings (SSSR count). The highest BCUT2D eigenvalue weighted by atomic mass is 19.4. The smallest absolute Gasteiger partial charge is 0.496 e. The third-order valence-corrected chi connectivity index (χ3v) is 1.75. The molecular weight excluding hydrogens is 211 g/mol. The van der Waals surface area contributed by atoms with Crippen molar-refractivity contribution in [1.29, 1.82) is 0 Å². The molecule has 0 spiro atoms. The summed E-state index contributed by atoms with van der Waals surface area (Å²) in [6.45, 7) is -5.58. The van der Waals surface area contributed by atoms with E-state index in [1.807, 2.05) is 0 Å². The second kappa shape index (κ2) is 4.38. The maximum absolute atomic E-state index is 12.6. The highest BCUT2D eigenvalue weighted by molar-refractivity contribution is 6.66. The quantitative estimate of drug-likeness (QED) is 0.559. The standard InChI is InChI=1S/C9H8BF4O/c1-15-8-5-3-2-4-7(8)6-9(11)10(12,13)14/h2-6H,1H3/q-1/b9-6-. The number of ether oxygens (including phenoxy) is 1. The van der Waals surface area contributed by atoms with Gasteiger partial charge < -0.3 is 17.7 Å². The molecule has 1 nitrogen and oxygen atoms in total. The molecule has 0 N–H and O–H groups in total. The highest BCUT2D eigenvalue weighted by Crippen LogP contribution is 2.27. The molecule has 0 unspecified atom stereocenters. The van der Waals surface area contributed by atoms with Gasteiger partial charge in [-0.05, 0) is 6.07 Å². The van der Waals surface area contributed by atoms with Crippen LogP contribution in [0.15, 0.2) is 30.0 Å². The van der Waals surface area contributed by atoms with Crippen molar-refractivity contribution in [3.63, 3.8) is 0 Å². The van der Waals surface area contributed by atoms with Crippen molar-refractivity contribution in [3.05, 3.63) is 35.6 Å². The first-order valence-electron chi connectivity index (χ1n) is 4.15. The first kappa shape index (κ1) is 11.6. The largest absolute Gasteiger partial charge is 0.537 e. The third kappa shape index (κ3) is 3.01. The fraction of sp³-hybridized carbons (Fsp3) is 0.111. The van der Waals surface area contributed by atoms with E-state index in [9.17, 15) is 17.3 Å². The summed E-state index contributed by atoms with van der Waals surface area (Å²) in [5.74, 6) is 0.202. The molecule has 0 aliphatic carbocycles. The molecule has 0 aliphatic rings. The van der Waals surface area contributed by atoms with E-state index >= 15 is 0 Å². The molecule has 1 aromatic rings. The Hall–Kier alpha value is -1.46. The molecular formula is C9H8BF4O-. The van der Waals surface area contributed by atoms with E-state index in [1.165, 1.54) is 25.3 Å². The number of hydrogen-bond acceptors (Lipinski definition) is 1. The van der Waals surface area contributed by atoms with Gasteiger partial charge in [-0.15, -0.1) is 0 Å². The van der Waals surface area contributed by atoms with Crippen LogP contribution < -0.4 is 4.74 Å². The summed E-state index contributed by atoms with van der Waals surface area (Å²) in [4.78, 5) is 0. The molecule has 82 valence electrons. The molecule has 15 heavy (non-hydrogen) atoms. The van der Waals surface area contributed by atoms with Gasteiger partial charge in [0.1, 0.15) is 5.75 Å². The third-order valence-electron chi connectivity index (χ3n) is 1.75. The van der Waals surface area contributed by atoms with Crippen molar-refractivity contribution >= 4 is 13.1 Å². The van der Waals surface area contributed by atoms with Crippen molar-refractivity contribution in [1.82, 2.24) is 0 Å². The molecule has 0 heterocycles. The summed E-state index contributed by atoms with van der Waals surface area (Å²) in [7, 11) is 1.31. The molecule has 0 amide bonds. The van der Waals surface area contributed by atoms with Crippen LogP contribution in [0, 0.1) is 0 Å². The van der Waals surface area contributed by atoms with Crippen molar-refractivity contribution in [3.8, 4) is 5.75 Å². The Balaban J connectivity index is 3.08. The van der Waals surface area contributed by atoms with Gasteiger partial charge in [0.05, 0.1) is 7.11 Å². The van der Waals surface area contributed by atoms with Crippen molar-refractivity contribution in [2.45, 2.75) is 0 Å². The monoisotopic (exact) mass is 219 g/mol. The molecule has 1 aromatic carbocycles. The average Bonchev–Trinajstić information content (AvgIpc) is 2.17. The zero-order chi connectivity index (χ0) is 11.5. The van der Waals surface area contributed by atoms with Gasteiger partial charge in [-0.3, -0.25) is 0 Å². The Bertz CT molecular complexity index is 373. The van der Waals surface area contributed by atoms with Crippen molar-refractivity contribution < 1.29 is 22.1 Å². The minimum absolute atomic E-state index is 0.0664. The zero-order valence-electron chi connectivity index (χ0n) is 7.88. The topological polar surface area (TPSA) is 9.23 Å². The molecule has 0 saturated carbocycles. The molecule has 6 heteroatoms. The second-order valence-electron chi connectivity index (χ2n) is 2.85. The Morgan fingerprint density at radius 1 is 1.27 bits per heavy atom. The van der Waals surface area contributed by atoms with Gasteiger partial charge >= 0.3 is 6.98 Å². The Morgan fingerprint density at radius 2 is 1.87 bits per heavy atom. The lowest BCUT2D eigenvalue weighted by Crippen LogP contribution is -2.15. The number of methoxy groups -OCH3 is 1. The summed E-state index contributed by atoms with van der Waals surface area (Å²) in [6.07, 6.45) is 0.429. The second-order valence-corrected chi connectivity index (χ2v) is 2.85. The Kier molecular flexibility index (Phi) is 3.39. The van der Waals surface area contributed by atoms with Crippen LogP contribution >= 0.6 is 0 Å². The van der Waals surface area contributed by atoms with Gasteiger partial charge in [0, 0.05) is 11.3 Å². The molecule has 0 saturated heterocycles. The fourth-order valence-corrected chi connectivity index (χ4v) is 1.03. The van der Waals surface area contributed by atoms with Crippen molar-refractivity contribution in [2.24, 2.45) is 0 Å². The van der Waals surface area contributed by atoms with Crippen LogP contribution in [0.3, 0.4) is 0 Å². The van der Waals surface area contributed by atoms with Crippen LogP contribution in [0.25, 0.3) is 6.08 Å². The van der Waals surface area contributed by atoms with Crippen LogP contribution in [0.2, 0.25) is 0 Å². The van der Waals surface area contributed by atoms with Crippen LogP contribution in [0.5, 0.6) is 5.75 Å². The molecule has 0 aliphatic heterocycles. The van der Waals surface area contributed by atoms with Gasteiger partial charge in [0.25, 0.3) is 0 Å². The molecule has 0 aromatic heterocycles. The SMILES string of the molecule is COc1ccccc1/C=C(\F)[B-](F)(F)F. The number of benzene rings is 1. The van der Waals surface area contributed by atoms with E-state index in [0.717, 1.165) is 0 Å². The van der Waals surface area contributed by atoms with E-state index in [-0.39, 0.29) is 11.3 Å². The number of para-hydroxylation sites is 1. The van der Waals surface area contributed by atoms with E-state index in [1.54, 1.807) is 6.07 Å². The highest BCUT2D eigenvalue weighted by Gasteiger charge is 2.29. The summed E-state index contributed by atoms with van der Waals surface area (Å²) in [5.41, 5.74) is -2.02. The lowest BCUT2D eigenvalue weighted by molar-refractivity contribution is 0.413. The van der Waals surface area contributed by atoms with Gasteiger partial charge in [-0.2, -0.15) is 0 Å². The summed E-state index contributed by atoms with van der Waals surface area (Å²) in [5, 5.41) is 0. The maximum atomic E-state index is 12.6. The average molecular weight is 219 g/mol. The lowest BCUT2D eigenvalue weighted by Gasteiger charge is -2.12. The van der Waals surface area contributed by atoms with E-state index in [0.29, 0.717) is 6.08 Å². The van der Waals surface area contributed by atoms with Crippen LogP contribution in [-0.2, 0) is 0 Å². The number of halogens is 4. The Morgan fingerprint density at radius 3 is 2.40 bits per heavy atom. The van der Waals surface area contributed by atoms with E-state index < -0.39 is 12.7 Å². The molecule has 0 radical (unpaired) electrons. The van der Waals surface area contributed by atoms with E-state index in [2.05, 4.69) is 0 Å². The maximum Gasteiger partial charge on any atom is 0.537 e. The van der Waals surface area contributed by atoms with Gasteiger partial charge in [0.2, 0.25) is 0 Å². The van der Waals surface area contributed by atoms with E-state index in [4.69, 9.17) is 4.74 Å². The minimum Gasteiger partial charge on any atom is -0.496 e. The molecule has 0 fully saturated rings. The number of rotatable bonds is 3. The minimum atomic E-state index is -5.58. The van der Waals surface area contributed by atoms with Gasteiger partial charge in [-0.25, -0.2) is 4.39 Å². The number of hydrogen-bond donors (Lipinski definition) is 0. The van der Waals surface area contributed by atoms with Crippen LogP contribution in [-0.4, -0.2) is 14.1 Å². The van der Waals surface area contributed by atoms with Gasteiger partial charge in [0.15, 0.2) is 0 Å². The normalized spacial score (nSPS) is 12.7. The molecule has 0 bridgehead atoms. The Labute approximate surface area is 84.4 Å². The van der Waals surface area contributed by atoms with Crippen LogP contribution in [0.1, 0.15) is 5.56 Å². The zero-order valence-corrected chi connectivity index (χ0v) is 7.88. The lowest BCUT2D eigenvalue weighted by atomic mass is 9.88. The first-order chi connectivity index (χ1) is 6.95.